The molecule has 34 aromatic rings. The molecule has 1 saturated carbocycles. The molecule has 0 heterocycles. The van der Waals surface area contributed by atoms with Crippen LogP contribution in [0.2, 0.25) is 0 Å². The number of carbonyl (C=O) groups is 1. The van der Waals surface area contributed by atoms with Gasteiger partial charge in [0.25, 0.3) is 0 Å². The lowest BCUT2D eigenvalue weighted by Gasteiger charge is -2.32. The van der Waals surface area contributed by atoms with E-state index < -0.39 is 10.8 Å². The van der Waals surface area contributed by atoms with Crippen molar-refractivity contribution in [1.82, 2.24) is 0 Å². The van der Waals surface area contributed by atoms with Crippen LogP contribution in [0.4, 0.5) is 0 Å². The molecule has 1 fully saturated rings. The van der Waals surface area contributed by atoms with E-state index in [1.807, 2.05) is 0 Å². The quantitative estimate of drug-likeness (QED) is 0.0959. The highest BCUT2D eigenvalue weighted by molar-refractivity contribution is 6.84. The summed E-state index contributed by atoms with van der Waals surface area (Å²) in [7, 11) is 0. The van der Waals surface area contributed by atoms with Crippen LogP contribution in [0.15, 0.2) is 30.3 Å². The molecule has 5 aliphatic carbocycles. The average Bonchev–Trinajstić information content (AvgIpc) is 1.39. The number of hydrogen-bond acceptors (Lipinski definition) is 1. The molecule has 34 aromatic carbocycles. The van der Waals surface area contributed by atoms with Crippen molar-refractivity contribution in [1.29, 1.82) is 0 Å². The normalized spacial score (nSPS) is 22.7. The molecule has 1 unspecified atom stereocenters. The second-order valence-electron chi connectivity index (χ2n) is 29.3. The molecular weight excluding hydrogens is 953 g/mol. The molecule has 2 spiro atoms. The predicted octanol–water partition coefficient (Wildman–Crippen LogP) is 20.8. The molecule has 0 N–H and O–H groups in total. The van der Waals surface area contributed by atoms with Crippen molar-refractivity contribution in [3.8, 4) is 0 Å². The van der Waals surface area contributed by atoms with Crippen LogP contribution >= 0.6 is 0 Å². The van der Waals surface area contributed by atoms with Crippen LogP contribution in [0, 0.1) is 5.92 Å². The highest BCUT2D eigenvalue weighted by Crippen LogP contribution is 2.93. The molecule has 1 atom stereocenters. The third kappa shape index (κ3) is 1.47. The first-order valence-corrected chi connectivity index (χ1v) is 29.5. The van der Waals surface area contributed by atoms with E-state index in [0.717, 1.165) is 5.56 Å². The summed E-state index contributed by atoms with van der Waals surface area (Å²) in [4.78, 5) is 17.1. The maximum atomic E-state index is 17.1. The van der Waals surface area contributed by atoms with Gasteiger partial charge < -0.3 is 0 Å². The van der Waals surface area contributed by atoms with Crippen LogP contribution in [-0.2, 0) is 10.8 Å². The minimum Gasteiger partial charge on any atom is -0.294 e. The smallest absolute Gasteiger partial charge is 0.168 e. The first-order chi connectivity index (χ1) is 39.4. The molecule has 39 rings (SSSR count). The summed E-state index contributed by atoms with van der Waals surface area (Å²) in [6.45, 7) is 0. The van der Waals surface area contributed by atoms with E-state index in [4.69, 9.17) is 0 Å². The number of ketones is 1. The fourth-order valence-corrected chi connectivity index (χ4v) is 29.3. The zero-order chi connectivity index (χ0) is 46.5. The Labute approximate surface area is 427 Å². The van der Waals surface area contributed by atoms with Gasteiger partial charge in [0.15, 0.2) is 5.78 Å². The van der Waals surface area contributed by atoms with Crippen molar-refractivity contribution in [2.24, 2.45) is 5.92 Å². The summed E-state index contributed by atoms with van der Waals surface area (Å²) >= 11 is 0. The summed E-state index contributed by atoms with van der Waals surface area (Å²) in [5, 5.41) is 103. The van der Waals surface area contributed by atoms with Gasteiger partial charge in [0.1, 0.15) is 0 Å². The minimum atomic E-state index is -0.504. The molecule has 5 aliphatic rings. The van der Waals surface area contributed by atoms with Crippen LogP contribution in [0.5, 0.6) is 0 Å². The Morgan fingerprint density at radius 1 is 0.190 bits per heavy atom. The van der Waals surface area contributed by atoms with Gasteiger partial charge in [-0.05, 0) is 367 Å². The van der Waals surface area contributed by atoms with Crippen LogP contribution in [0.25, 0.3) is 345 Å². The largest absolute Gasteiger partial charge is 0.294 e. The van der Waals surface area contributed by atoms with Crippen molar-refractivity contribution in [2.45, 2.75) is 10.8 Å². The SMILES string of the molecule is O=C(c1ccccc1)C1C23c4c5c6c7c8c9c(c%10c%11c2c2c4c4c%12c5c5c6c6c8c8c%13c9c9c%10c%10c%11c%11c2c2c4c4c%14c%12c%12c5c5c6c8c6c8c%13c9c9c%10c%10c%11c%11c2c4c2c4c%14c%12c%12c5c6c5c6c8c9c8c%10c%11c2c(c86)c4c%125)C713. The van der Waals surface area contributed by atoms with E-state index in [1.165, 1.54) is 0 Å². The Morgan fingerprint density at radius 2 is 0.316 bits per heavy atom. The third-order valence-corrected chi connectivity index (χ3v) is 29.3. The summed E-state index contributed by atoms with van der Waals surface area (Å²) in [6, 6.07) is 10.8. The van der Waals surface area contributed by atoms with Gasteiger partial charge in [-0.2, -0.15) is 0 Å². The summed E-state index contributed by atoms with van der Waals surface area (Å²) in [5.74, 6) is 0.153. The van der Waals surface area contributed by atoms with Gasteiger partial charge in [-0.1, -0.05) is 30.3 Å². The van der Waals surface area contributed by atoms with Crippen LogP contribution < -0.4 is 0 Å². The minimum absolute atomic E-state index is 0.227. The topological polar surface area (TPSA) is 17.1 Å². The maximum Gasteiger partial charge on any atom is 0.168 e. The Kier molecular flexibility index (Phi) is 2.27. The van der Waals surface area contributed by atoms with Crippen molar-refractivity contribution in [3.05, 3.63) is 58.1 Å². The Balaban J connectivity index is 1.12. The molecular formula is C78H6O. The van der Waals surface area contributed by atoms with Crippen LogP contribution in [0.1, 0.15) is 32.6 Å². The number of Topliss-reactive ketones (excluding diaryl/α,β-unsaturated/α-hetero) is 1. The summed E-state index contributed by atoms with van der Waals surface area (Å²) in [6.07, 6.45) is 0. The Bertz CT molecular complexity index is 8610. The van der Waals surface area contributed by atoms with E-state index >= 15 is 4.79 Å². The van der Waals surface area contributed by atoms with Gasteiger partial charge in [0.05, 0.1) is 5.92 Å². The molecule has 0 aliphatic heterocycles. The van der Waals surface area contributed by atoms with Gasteiger partial charge in [-0.25, -0.2) is 0 Å². The van der Waals surface area contributed by atoms with Crippen LogP contribution in [-0.4, -0.2) is 5.78 Å². The van der Waals surface area contributed by atoms with Gasteiger partial charge in [0, 0.05) is 16.4 Å². The second kappa shape index (κ2) is 6.32. The second-order valence-corrected chi connectivity index (χ2v) is 29.3. The van der Waals surface area contributed by atoms with E-state index in [-0.39, 0.29) is 5.92 Å². The average molecular weight is 959 g/mol. The monoisotopic (exact) mass is 958 g/mol. The van der Waals surface area contributed by atoms with Gasteiger partial charge >= 0.3 is 0 Å². The molecule has 1 nitrogen and oxygen atoms in total. The highest BCUT2D eigenvalue weighted by atomic mass is 16.1. The molecule has 0 aromatic heterocycles. The summed E-state index contributed by atoms with van der Waals surface area (Å²) in [5.41, 5.74) is 6.31. The molecule has 0 radical (unpaired) electrons. The van der Waals surface area contributed by atoms with Crippen molar-refractivity contribution >= 4 is 351 Å². The fraction of sp³-hybridized carbons (Fsp3) is 0.0385. The van der Waals surface area contributed by atoms with Crippen molar-refractivity contribution in [3.63, 3.8) is 0 Å². The lowest BCUT2D eigenvalue weighted by atomic mass is 9.68. The molecule has 0 saturated heterocycles. The van der Waals surface area contributed by atoms with Crippen molar-refractivity contribution in [2.75, 3.05) is 0 Å². The number of rotatable bonds is 2. The lowest BCUT2D eigenvalue weighted by Crippen LogP contribution is -2.27. The van der Waals surface area contributed by atoms with E-state index in [2.05, 4.69) is 30.3 Å². The fourth-order valence-electron chi connectivity index (χ4n) is 29.3. The Morgan fingerprint density at radius 3 is 0.456 bits per heavy atom. The first kappa shape index (κ1) is 28.4. The molecule has 0 amide bonds. The molecule has 1 heteroatoms. The number of carbonyl (C=O) groups excluding carboxylic acids is 1. The number of hydrogen-bond donors (Lipinski definition) is 0. The maximum absolute atomic E-state index is 17.1. The number of benzene rings is 24. The van der Waals surface area contributed by atoms with Gasteiger partial charge in [0.2, 0.25) is 0 Å². The molecule has 0 bridgehead atoms. The third-order valence-electron chi connectivity index (χ3n) is 29.3. The van der Waals surface area contributed by atoms with Gasteiger partial charge in [-0.15, -0.1) is 0 Å². The van der Waals surface area contributed by atoms with E-state index in [1.54, 1.807) is 367 Å². The van der Waals surface area contributed by atoms with Crippen LogP contribution in [0.3, 0.4) is 0 Å². The predicted molar refractivity (Wildman–Crippen MR) is 332 cm³/mol. The molecule has 79 heavy (non-hydrogen) atoms. The Hall–Kier alpha value is -9.95. The van der Waals surface area contributed by atoms with E-state index in [9.17, 15) is 0 Å². The van der Waals surface area contributed by atoms with Crippen molar-refractivity contribution < 1.29 is 4.79 Å². The lowest BCUT2D eigenvalue weighted by molar-refractivity contribution is 0.0956. The van der Waals surface area contributed by atoms with Gasteiger partial charge in [-0.3, -0.25) is 4.79 Å². The highest BCUT2D eigenvalue weighted by Gasteiger charge is 2.88. The standard InChI is InChI=1S/C78H6O/c79-75(6-4-2-1-3-5-6)76-77-71-63-55-45-35-28-19-13-7-8-10-12-11-9(7)15-22-17(11)26-27-18(12)23-16(10)25-21(14(8)19)30-36(28)46(45)56-50-40(30)32(25)42-34(23)44-38(27)48-47-37(26)43-33(22)41-31-24(15)20(13)29(35)39(31)49(55)59-53(41)61-51(43)57(47)65-66-58(48)52(44)62-54(42)60(50)68(72(77)64(56)63)70(62)74(66)78(76,77)73(65)69(61)67(59)71/h1-5,76H. The first-order valence-electron chi connectivity index (χ1n) is 29.5. The zero-order valence-electron chi connectivity index (χ0n) is 39.9. The van der Waals surface area contributed by atoms with E-state index in [0.29, 0.717) is 5.78 Å². The summed E-state index contributed by atoms with van der Waals surface area (Å²) < 4.78 is 0. The molecule has 324 valence electrons. The zero-order valence-corrected chi connectivity index (χ0v) is 39.9.